The minimum atomic E-state index is -0.695. The van der Waals surface area contributed by atoms with Gasteiger partial charge in [-0.05, 0) is 36.1 Å². The summed E-state index contributed by atoms with van der Waals surface area (Å²) in [4.78, 5) is 27.8. The highest BCUT2D eigenvalue weighted by Gasteiger charge is 2.45. The molecule has 1 aliphatic rings. The highest BCUT2D eigenvalue weighted by atomic mass is 16.5. The molecule has 0 spiro atoms. The van der Waals surface area contributed by atoms with Crippen LogP contribution < -0.4 is 4.74 Å². The number of carbonyl (C=O) groups excluding carboxylic acids is 2. The molecule has 5 nitrogen and oxygen atoms in total. The van der Waals surface area contributed by atoms with Crippen LogP contribution in [0.1, 0.15) is 36.1 Å². The molecule has 0 aromatic heterocycles. The second kappa shape index (κ2) is 10.2. The van der Waals surface area contributed by atoms with Crippen LogP contribution >= 0.6 is 0 Å². The molecule has 5 heteroatoms. The lowest BCUT2D eigenvalue weighted by Crippen LogP contribution is -2.31. The first-order valence-corrected chi connectivity index (χ1v) is 11.2. The number of hydrogen-bond acceptors (Lipinski definition) is 4. The number of amides is 1. The second-order valence-corrected chi connectivity index (χ2v) is 8.02. The highest BCUT2D eigenvalue weighted by molar-refractivity contribution is 6.46. The molecular formula is C28H27NO4. The predicted octanol–water partition coefficient (Wildman–Crippen LogP) is 5.14. The van der Waals surface area contributed by atoms with E-state index in [-0.39, 0.29) is 11.3 Å². The molecule has 0 aliphatic carbocycles. The Kier molecular flexibility index (Phi) is 6.89. The van der Waals surface area contributed by atoms with E-state index in [1.54, 1.807) is 29.2 Å². The Morgan fingerprint density at radius 3 is 2.33 bits per heavy atom. The summed E-state index contributed by atoms with van der Waals surface area (Å²) in [6.07, 6.45) is 1.47. The predicted molar refractivity (Wildman–Crippen MR) is 128 cm³/mol. The molecule has 1 aliphatic heterocycles. The molecule has 3 aromatic carbocycles. The van der Waals surface area contributed by atoms with Gasteiger partial charge in [0.2, 0.25) is 0 Å². The second-order valence-electron chi connectivity index (χ2n) is 8.02. The summed E-state index contributed by atoms with van der Waals surface area (Å²) in [5.41, 5.74) is 2.41. The van der Waals surface area contributed by atoms with Gasteiger partial charge in [0.05, 0.1) is 18.2 Å². The minimum Gasteiger partial charge on any atom is -0.507 e. The van der Waals surface area contributed by atoms with Crippen molar-refractivity contribution < 1.29 is 19.4 Å². The summed E-state index contributed by atoms with van der Waals surface area (Å²) >= 11 is 0. The fraction of sp³-hybridized carbons (Fsp3) is 0.214. The van der Waals surface area contributed by atoms with E-state index < -0.39 is 17.7 Å². The van der Waals surface area contributed by atoms with Gasteiger partial charge in [-0.2, -0.15) is 0 Å². The fourth-order valence-electron chi connectivity index (χ4n) is 4.10. The summed E-state index contributed by atoms with van der Waals surface area (Å²) in [6.45, 7) is 2.95. The normalized spacial score (nSPS) is 17.4. The first kappa shape index (κ1) is 22.3. The SMILES string of the molecule is CCCOc1cccc(C2C(=C(O)c3ccccc3)C(=O)C(=O)N2CCc2ccccc2)c1. The van der Waals surface area contributed by atoms with Crippen LogP contribution in [0, 0.1) is 0 Å². The fourth-order valence-corrected chi connectivity index (χ4v) is 4.10. The van der Waals surface area contributed by atoms with Gasteiger partial charge in [-0.3, -0.25) is 9.59 Å². The zero-order valence-electron chi connectivity index (χ0n) is 18.6. The highest BCUT2D eigenvalue weighted by Crippen LogP contribution is 2.40. The van der Waals surface area contributed by atoms with Crippen molar-refractivity contribution in [1.82, 2.24) is 4.90 Å². The first-order valence-electron chi connectivity index (χ1n) is 11.2. The van der Waals surface area contributed by atoms with Crippen LogP contribution in [0.5, 0.6) is 5.75 Å². The Bertz CT molecular complexity index is 1150. The Balaban J connectivity index is 1.77. The summed E-state index contributed by atoms with van der Waals surface area (Å²) in [5.74, 6) is -0.772. The lowest BCUT2D eigenvalue weighted by Gasteiger charge is -2.26. The topological polar surface area (TPSA) is 66.8 Å². The van der Waals surface area contributed by atoms with Crippen molar-refractivity contribution in [1.29, 1.82) is 0 Å². The maximum atomic E-state index is 13.1. The number of ether oxygens (including phenoxy) is 1. The number of nitrogens with zero attached hydrogens (tertiary/aromatic N) is 1. The van der Waals surface area contributed by atoms with Gasteiger partial charge in [0, 0.05) is 12.1 Å². The number of rotatable bonds is 8. The summed E-state index contributed by atoms with van der Waals surface area (Å²) < 4.78 is 5.79. The monoisotopic (exact) mass is 441 g/mol. The van der Waals surface area contributed by atoms with E-state index in [2.05, 4.69) is 0 Å². The molecule has 1 amide bonds. The van der Waals surface area contributed by atoms with E-state index in [0.717, 1.165) is 17.5 Å². The van der Waals surface area contributed by atoms with Gasteiger partial charge >= 0.3 is 0 Å². The molecule has 33 heavy (non-hydrogen) atoms. The lowest BCUT2D eigenvalue weighted by molar-refractivity contribution is -0.139. The van der Waals surface area contributed by atoms with E-state index in [9.17, 15) is 14.7 Å². The van der Waals surface area contributed by atoms with Crippen molar-refractivity contribution in [3.63, 3.8) is 0 Å². The van der Waals surface area contributed by atoms with E-state index in [1.165, 1.54) is 0 Å². The van der Waals surface area contributed by atoms with Crippen LogP contribution in [0.4, 0.5) is 0 Å². The van der Waals surface area contributed by atoms with Crippen molar-refractivity contribution in [3.8, 4) is 5.75 Å². The van der Waals surface area contributed by atoms with E-state index in [0.29, 0.717) is 30.9 Å². The number of ketones is 1. The van der Waals surface area contributed by atoms with Gasteiger partial charge in [0.25, 0.3) is 11.7 Å². The Morgan fingerprint density at radius 1 is 0.939 bits per heavy atom. The standard InChI is InChI=1S/C28H27NO4/c1-2-18-33-23-15-9-14-22(19-23)25-24(26(30)21-12-7-4-8-13-21)27(31)28(32)29(25)17-16-20-10-5-3-6-11-20/h3-15,19,25,30H,2,16-18H2,1H3. The molecule has 1 N–H and O–H groups in total. The van der Waals surface area contributed by atoms with Crippen LogP contribution in [0.2, 0.25) is 0 Å². The van der Waals surface area contributed by atoms with Crippen molar-refractivity contribution >= 4 is 17.4 Å². The molecule has 1 fully saturated rings. The van der Waals surface area contributed by atoms with Crippen LogP contribution in [0.25, 0.3) is 5.76 Å². The maximum Gasteiger partial charge on any atom is 0.295 e. The van der Waals surface area contributed by atoms with Crippen LogP contribution in [0.15, 0.2) is 90.5 Å². The molecule has 0 bridgehead atoms. The average Bonchev–Trinajstić information content (AvgIpc) is 3.12. The van der Waals surface area contributed by atoms with Crippen molar-refractivity contribution in [2.24, 2.45) is 0 Å². The number of Topliss-reactive ketones (excluding diaryl/α,β-unsaturated/α-hetero) is 1. The lowest BCUT2D eigenvalue weighted by atomic mass is 9.95. The van der Waals surface area contributed by atoms with Gasteiger partial charge in [-0.15, -0.1) is 0 Å². The maximum absolute atomic E-state index is 13.1. The molecular weight excluding hydrogens is 414 g/mol. The van der Waals surface area contributed by atoms with Crippen LogP contribution in [-0.4, -0.2) is 34.8 Å². The van der Waals surface area contributed by atoms with Crippen molar-refractivity contribution in [2.45, 2.75) is 25.8 Å². The van der Waals surface area contributed by atoms with Gasteiger partial charge in [0.15, 0.2) is 0 Å². The molecule has 0 saturated carbocycles. The summed E-state index contributed by atoms with van der Waals surface area (Å²) in [5, 5.41) is 11.1. The minimum absolute atomic E-state index is 0.104. The largest absolute Gasteiger partial charge is 0.507 e. The molecule has 168 valence electrons. The average molecular weight is 442 g/mol. The molecule has 1 atom stereocenters. The number of likely N-dealkylation sites (tertiary alicyclic amines) is 1. The van der Waals surface area contributed by atoms with E-state index in [1.807, 2.05) is 67.6 Å². The van der Waals surface area contributed by atoms with Crippen LogP contribution in [0.3, 0.4) is 0 Å². The number of hydrogen-bond donors (Lipinski definition) is 1. The first-order chi connectivity index (χ1) is 16.1. The number of aliphatic hydroxyl groups is 1. The van der Waals surface area contributed by atoms with Crippen molar-refractivity contribution in [2.75, 3.05) is 13.2 Å². The summed E-state index contributed by atoms with van der Waals surface area (Å²) in [6, 6.07) is 25.4. The van der Waals surface area contributed by atoms with Gasteiger partial charge < -0.3 is 14.7 Å². The Hall–Kier alpha value is -3.86. The molecule has 1 unspecified atom stereocenters. The van der Waals surface area contributed by atoms with E-state index >= 15 is 0 Å². The van der Waals surface area contributed by atoms with Gasteiger partial charge in [0.1, 0.15) is 11.5 Å². The zero-order chi connectivity index (χ0) is 23.2. The van der Waals surface area contributed by atoms with Crippen molar-refractivity contribution in [3.05, 3.63) is 107 Å². The van der Waals surface area contributed by atoms with E-state index in [4.69, 9.17) is 4.74 Å². The van der Waals surface area contributed by atoms with Crippen LogP contribution in [-0.2, 0) is 16.0 Å². The third-order valence-electron chi connectivity index (χ3n) is 5.72. The zero-order valence-corrected chi connectivity index (χ0v) is 18.6. The third kappa shape index (κ3) is 4.82. The molecule has 1 saturated heterocycles. The Labute approximate surface area is 193 Å². The molecule has 3 aromatic rings. The molecule has 1 heterocycles. The number of benzene rings is 3. The number of aliphatic hydroxyl groups excluding tert-OH is 1. The number of carbonyl (C=O) groups is 2. The third-order valence-corrected chi connectivity index (χ3v) is 5.72. The van der Waals surface area contributed by atoms with Gasteiger partial charge in [-0.25, -0.2) is 0 Å². The molecule has 4 rings (SSSR count). The molecule has 0 radical (unpaired) electrons. The van der Waals surface area contributed by atoms with Gasteiger partial charge in [-0.1, -0.05) is 79.7 Å². The Morgan fingerprint density at radius 2 is 1.64 bits per heavy atom. The quantitative estimate of drug-likeness (QED) is 0.299. The smallest absolute Gasteiger partial charge is 0.295 e. The summed E-state index contributed by atoms with van der Waals surface area (Å²) in [7, 11) is 0.